The Balaban J connectivity index is 1.41. The van der Waals surface area contributed by atoms with Crippen LogP contribution in [-0.2, 0) is 0 Å². The predicted molar refractivity (Wildman–Crippen MR) is 127 cm³/mol. The van der Waals surface area contributed by atoms with Crippen LogP contribution in [0.5, 0.6) is 11.5 Å². The monoisotopic (exact) mass is 458 g/mol. The van der Waals surface area contributed by atoms with Gasteiger partial charge in [-0.25, -0.2) is 4.79 Å². The average Bonchev–Trinajstić information content (AvgIpc) is 3.27. The van der Waals surface area contributed by atoms with Crippen LogP contribution in [0.15, 0.2) is 54.9 Å². The highest BCUT2D eigenvalue weighted by Gasteiger charge is 2.18. The Morgan fingerprint density at radius 3 is 2.56 bits per heavy atom. The number of carbonyl (C=O) groups excluding carboxylic acids is 2. The minimum absolute atomic E-state index is 0.248. The molecule has 172 valence electrons. The number of anilines is 2. The second-order valence-corrected chi connectivity index (χ2v) is 7.93. The van der Waals surface area contributed by atoms with Crippen LogP contribution in [0.4, 0.5) is 16.2 Å². The number of hydrogen-bond donors (Lipinski definition) is 3. The van der Waals surface area contributed by atoms with Crippen molar-refractivity contribution in [3.05, 3.63) is 60.6 Å². The number of carbonyl (C=O) groups is 2. The van der Waals surface area contributed by atoms with Gasteiger partial charge in [-0.2, -0.15) is 5.10 Å². The van der Waals surface area contributed by atoms with Gasteiger partial charge in [0.25, 0.3) is 5.91 Å². The fourth-order valence-electron chi connectivity index (χ4n) is 3.58. The van der Waals surface area contributed by atoms with Gasteiger partial charge in [0.05, 0.1) is 17.4 Å². The maximum atomic E-state index is 13.0. The largest absolute Gasteiger partial charge is 0.486 e. The van der Waals surface area contributed by atoms with E-state index in [1.54, 1.807) is 44.7 Å². The highest BCUT2D eigenvalue weighted by atomic mass is 16.6. The van der Waals surface area contributed by atoms with E-state index in [1.807, 2.05) is 24.3 Å². The van der Waals surface area contributed by atoms with E-state index in [-0.39, 0.29) is 17.6 Å². The first kappa shape index (κ1) is 21.3. The first-order valence-corrected chi connectivity index (χ1v) is 10.6. The van der Waals surface area contributed by atoms with Gasteiger partial charge in [0.15, 0.2) is 17.2 Å². The van der Waals surface area contributed by atoms with Gasteiger partial charge in [-0.15, -0.1) is 0 Å². The number of nitrogens with zero attached hydrogens (tertiary/aromatic N) is 3. The summed E-state index contributed by atoms with van der Waals surface area (Å²) in [5.41, 5.74) is 3.75. The number of urea groups is 1. The summed E-state index contributed by atoms with van der Waals surface area (Å²) in [6.45, 7) is 0.965. The van der Waals surface area contributed by atoms with E-state index >= 15 is 0 Å². The number of amides is 3. The molecular formula is C24H22N6O4. The summed E-state index contributed by atoms with van der Waals surface area (Å²) >= 11 is 0. The quantitative estimate of drug-likeness (QED) is 0.428. The summed E-state index contributed by atoms with van der Waals surface area (Å²) < 4.78 is 11.1. The van der Waals surface area contributed by atoms with Gasteiger partial charge in [0.2, 0.25) is 0 Å². The lowest BCUT2D eigenvalue weighted by atomic mass is 10.0. The third-order valence-electron chi connectivity index (χ3n) is 5.31. The molecule has 0 unspecified atom stereocenters. The maximum absolute atomic E-state index is 13.0. The highest BCUT2D eigenvalue weighted by molar-refractivity contribution is 6.11. The molecule has 0 fully saturated rings. The van der Waals surface area contributed by atoms with Crippen LogP contribution < -0.4 is 20.1 Å². The molecule has 1 aliphatic heterocycles. The highest BCUT2D eigenvalue weighted by Crippen LogP contribution is 2.33. The first-order chi connectivity index (χ1) is 16.5. The van der Waals surface area contributed by atoms with Crippen molar-refractivity contribution < 1.29 is 19.1 Å². The number of rotatable bonds is 4. The first-order valence-electron chi connectivity index (χ1n) is 10.6. The fourth-order valence-corrected chi connectivity index (χ4v) is 3.58. The Labute approximate surface area is 194 Å². The zero-order valence-corrected chi connectivity index (χ0v) is 18.6. The standard InChI is InChI=1S/C24H22N6O4/c1-30(2)24(32)27-17-9-15(12-25-13-17)14-3-5-19-18(10-14)22(29-28-19)23(31)26-16-4-6-20-21(11-16)34-8-7-33-20/h3-6,9-13H,7-8H2,1-2H3,(H,26,31)(H,27,32)(H,28,29). The second-order valence-electron chi connectivity index (χ2n) is 7.93. The summed E-state index contributed by atoms with van der Waals surface area (Å²) in [4.78, 5) is 30.7. The van der Waals surface area contributed by atoms with E-state index in [0.29, 0.717) is 41.5 Å². The van der Waals surface area contributed by atoms with Gasteiger partial charge < -0.3 is 25.0 Å². The average molecular weight is 458 g/mol. The van der Waals surface area contributed by atoms with E-state index in [0.717, 1.165) is 16.6 Å². The third-order valence-corrected chi connectivity index (χ3v) is 5.31. The molecule has 1 aliphatic rings. The molecule has 2 aromatic carbocycles. The van der Waals surface area contributed by atoms with E-state index in [4.69, 9.17) is 9.47 Å². The van der Waals surface area contributed by atoms with Crippen molar-refractivity contribution in [3.63, 3.8) is 0 Å². The molecule has 2 aromatic heterocycles. The van der Waals surface area contributed by atoms with E-state index in [2.05, 4.69) is 25.8 Å². The van der Waals surface area contributed by atoms with Crippen LogP contribution in [0.2, 0.25) is 0 Å². The van der Waals surface area contributed by atoms with Crippen LogP contribution in [-0.4, -0.2) is 59.3 Å². The van der Waals surface area contributed by atoms with Crippen molar-refractivity contribution in [2.45, 2.75) is 0 Å². The lowest BCUT2D eigenvalue weighted by molar-refractivity contribution is 0.102. The number of H-pyrrole nitrogens is 1. The Hall–Kier alpha value is -4.60. The minimum atomic E-state index is -0.356. The molecule has 0 spiro atoms. The molecule has 4 aromatic rings. The zero-order chi connectivity index (χ0) is 23.7. The number of pyridine rings is 1. The number of ether oxygens (including phenoxy) is 2. The van der Waals surface area contributed by atoms with Crippen LogP contribution >= 0.6 is 0 Å². The smallest absolute Gasteiger partial charge is 0.321 e. The number of aromatic amines is 1. The Morgan fingerprint density at radius 2 is 1.74 bits per heavy atom. The minimum Gasteiger partial charge on any atom is -0.486 e. The summed E-state index contributed by atoms with van der Waals surface area (Å²) in [5.74, 6) is 0.883. The molecule has 10 nitrogen and oxygen atoms in total. The van der Waals surface area contributed by atoms with E-state index < -0.39 is 0 Å². The predicted octanol–water partition coefficient (Wildman–Crippen LogP) is 3.74. The summed E-state index contributed by atoms with van der Waals surface area (Å²) in [6, 6.07) is 12.4. The molecule has 10 heteroatoms. The third kappa shape index (κ3) is 4.20. The maximum Gasteiger partial charge on any atom is 0.321 e. The normalized spacial score (nSPS) is 12.3. The zero-order valence-electron chi connectivity index (χ0n) is 18.6. The Bertz CT molecular complexity index is 1400. The molecule has 0 aliphatic carbocycles. The molecule has 3 N–H and O–H groups in total. The molecule has 0 saturated carbocycles. The molecule has 0 saturated heterocycles. The van der Waals surface area contributed by atoms with Crippen molar-refractivity contribution in [1.29, 1.82) is 0 Å². The number of fused-ring (bicyclic) bond motifs is 2. The molecule has 5 rings (SSSR count). The van der Waals surface area contributed by atoms with Gasteiger partial charge in [-0.1, -0.05) is 6.07 Å². The second kappa shape index (κ2) is 8.74. The van der Waals surface area contributed by atoms with Gasteiger partial charge >= 0.3 is 6.03 Å². The number of hydrogen-bond acceptors (Lipinski definition) is 6. The van der Waals surface area contributed by atoms with Crippen LogP contribution in [0.1, 0.15) is 10.5 Å². The Kier molecular flexibility index (Phi) is 5.46. The topological polar surface area (TPSA) is 121 Å². The van der Waals surface area contributed by atoms with Crippen molar-refractivity contribution in [2.24, 2.45) is 0 Å². The lowest BCUT2D eigenvalue weighted by Gasteiger charge is -2.18. The molecule has 0 bridgehead atoms. The van der Waals surface area contributed by atoms with Crippen LogP contribution in [0, 0.1) is 0 Å². The molecule has 34 heavy (non-hydrogen) atoms. The van der Waals surface area contributed by atoms with Crippen LogP contribution in [0.25, 0.3) is 22.0 Å². The molecule has 3 amide bonds. The molecular weight excluding hydrogens is 436 g/mol. The van der Waals surface area contributed by atoms with Crippen LogP contribution in [0.3, 0.4) is 0 Å². The number of benzene rings is 2. The van der Waals surface area contributed by atoms with E-state index in [1.165, 1.54) is 4.90 Å². The van der Waals surface area contributed by atoms with Gasteiger partial charge in [-0.05, 0) is 35.9 Å². The molecule has 0 radical (unpaired) electrons. The SMILES string of the molecule is CN(C)C(=O)Nc1cncc(-c2ccc3[nH]nc(C(=O)Nc4ccc5c(c4)OCCO5)c3c2)c1. The summed E-state index contributed by atoms with van der Waals surface area (Å²) in [6.07, 6.45) is 3.27. The van der Waals surface area contributed by atoms with Crippen molar-refractivity contribution >= 4 is 34.2 Å². The molecule has 0 atom stereocenters. The van der Waals surface area contributed by atoms with E-state index in [9.17, 15) is 9.59 Å². The number of nitrogens with one attached hydrogen (secondary N) is 3. The fraction of sp³-hybridized carbons (Fsp3) is 0.167. The van der Waals surface area contributed by atoms with Crippen molar-refractivity contribution in [2.75, 3.05) is 37.9 Å². The van der Waals surface area contributed by atoms with Crippen molar-refractivity contribution in [1.82, 2.24) is 20.1 Å². The number of aromatic nitrogens is 3. The summed E-state index contributed by atoms with van der Waals surface area (Å²) in [5, 5.41) is 13.4. The van der Waals surface area contributed by atoms with Gasteiger partial charge in [0, 0.05) is 43.0 Å². The molecule has 3 heterocycles. The lowest BCUT2D eigenvalue weighted by Crippen LogP contribution is -2.27. The van der Waals surface area contributed by atoms with Gasteiger partial charge in [0.1, 0.15) is 13.2 Å². The van der Waals surface area contributed by atoms with Gasteiger partial charge in [-0.3, -0.25) is 14.9 Å². The van der Waals surface area contributed by atoms with Crippen molar-refractivity contribution in [3.8, 4) is 22.6 Å². The Morgan fingerprint density at radius 1 is 0.912 bits per heavy atom. The summed E-state index contributed by atoms with van der Waals surface area (Å²) in [7, 11) is 3.33.